The Labute approximate surface area is 170 Å². The second-order valence-electron chi connectivity index (χ2n) is 7.00. The average molecular weight is 392 g/mol. The molecule has 0 aliphatic rings. The number of nitrogens with one attached hydrogen (secondary N) is 1. The van der Waals surface area contributed by atoms with Crippen LogP contribution >= 0.6 is 0 Å². The molecule has 29 heavy (non-hydrogen) atoms. The van der Waals surface area contributed by atoms with E-state index in [1.54, 1.807) is 22.9 Å². The highest BCUT2D eigenvalue weighted by molar-refractivity contribution is 5.92. The fourth-order valence-electron chi connectivity index (χ4n) is 2.89. The number of para-hydroxylation sites is 1. The summed E-state index contributed by atoms with van der Waals surface area (Å²) in [5.74, 6) is -0.452. The van der Waals surface area contributed by atoms with Gasteiger partial charge in [-0.3, -0.25) is 4.79 Å². The molecule has 1 heterocycles. The molecular formula is C23H25FN4O. The zero-order valence-corrected chi connectivity index (χ0v) is 16.7. The van der Waals surface area contributed by atoms with Crippen molar-refractivity contribution in [1.82, 2.24) is 20.0 Å². The standard InChI is InChI=1S/C23H25FN4O/c1-27(2)16-6-15-25-22(29)14-11-19-17-28(21-7-4-3-5-8-21)26-23(19)18-9-12-20(24)13-10-18/h3-5,7-14,17H,6,15-16H2,1-2H3,(H,25,29)/b14-11+. The predicted octanol–water partition coefficient (Wildman–Crippen LogP) is 3.76. The van der Waals surface area contributed by atoms with Crippen molar-refractivity contribution in [2.75, 3.05) is 27.2 Å². The van der Waals surface area contributed by atoms with Crippen molar-refractivity contribution in [3.63, 3.8) is 0 Å². The third kappa shape index (κ3) is 5.86. The number of rotatable bonds is 8. The summed E-state index contributed by atoms with van der Waals surface area (Å²) in [7, 11) is 4.01. The molecule has 0 aliphatic carbocycles. The van der Waals surface area contributed by atoms with Crippen LogP contribution in [0.15, 0.2) is 66.9 Å². The van der Waals surface area contributed by atoms with Crippen molar-refractivity contribution in [2.45, 2.75) is 6.42 Å². The number of hydrogen-bond acceptors (Lipinski definition) is 3. The lowest BCUT2D eigenvalue weighted by molar-refractivity contribution is -0.116. The van der Waals surface area contributed by atoms with Crippen LogP contribution in [0.2, 0.25) is 0 Å². The molecule has 2 aromatic carbocycles. The number of nitrogens with zero attached hydrogens (tertiary/aromatic N) is 3. The van der Waals surface area contributed by atoms with Crippen LogP contribution in [0, 0.1) is 5.82 Å². The van der Waals surface area contributed by atoms with Gasteiger partial charge in [-0.25, -0.2) is 9.07 Å². The van der Waals surface area contributed by atoms with Gasteiger partial charge in [0.15, 0.2) is 0 Å². The van der Waals surface area contributed by atoms with Gasteiger partial charge in [-0.2, -0.15) is 5.10 Å². The Balaban J connectivity index is 1.81. The summed E-state index contributed by atoms with van der Waals surface area (Å²) < 4.78 is 15.1. The summed E-state index contributed by atoms with van der Waals surface area (Å²) >= 11 is 0. The first-order valence-electron chi connectivity index (χ1n) is 9.54. The quantitative estimate of drug-likeness (QED) is 0.469. The van der Waals surface area contributed by atoms with Gasteiger partial charge in [0, 0.05) is 29.9 Å². The largest absolute Gasteiger partial charge is 0.353 e. The molecule has 1 N–H and O–H groups in total. The molecule has 1 aromatic heterocycles. The number of benzene rings is 2. The SMILES string of the molecule is CN(C)CCCNC(=O)/C=C/c1cn(-c2ccccc2)nc1-c1ccc(F)cc1. The number of carbonyl (C=O) groups excluding carboxylic acids is 1. The number of halogens is 1. The lowest BCUT2D eigenvalue weighted by atomic mass is 10.1. The highest BCUT2D eigenvalue weighted by atomic mass is 19.1. The lowest BCUT2D eigenvalue weighted by Gasteiger charge is -2.08. The van der Waals surface area contributed by atoms with Gasteiger partial charge in [-0.1, -0.05) is 18.2 Å². The molecule has 0 fully saturated rings. The van der Waals surface area contributed by atoms with Gasteiger partial charge in [0.25, 0.3) is 0 Å². The monoisotopic (exact) mass is 392 g/mol. The van der Waals surface area contributed by atoms with E-state index >= 15 is 0 Å². The molecule has 0 atom stereocenters. The van der Waals surface area contributed by atoms with Gasteiger partial charge in [0.05, 0.1) is 11.4 Å². The highest BCUT2D eigenvalue weighted by Crippen LogP contribution is 2.25. The van der Waals surface area contributed by atoms with Gasteiger partial charge in [0.2, 0.25) is 5.91 Å². The van der Waals surface area contributed by atoms with Crippen molar-refractivity contribution in [1.29, 1.82) is 0 Å². The minimum absolute atomic E-state index is 0.152. The zero-order chi connectivity index (χ0) is 20.6. The molecule has 0 spiro atoms. The Bertz CT molecular complexity index is 962. The Hall–Kier alpha value is -3.25. The van der Waals surface area contributed by atoms with E-state index in [2.05, 4.69) is 15.3 Å². The van der Waals surface area contributed by atoms with Gasteiger partial charge in [-0.05, 0) is 69.5 Å². The number of hydrogen-bond donors (Lipinski definition) is 1. The van der Waals surface area contributed by atoms with Crippen molar-refractivity contribution in [3.8, 4) is 16.9 Å². The third-order valence-electron chi connectivity index (χ3n) is 4.38. The van der Waals surface area contributed by atoms with Crippen molar-refractivity contribution >= 4 is 12.0 Å². The fourth-order valence-corrected chi connectivity index (χ4v) is 2.89. The van der Waals surface area contributed by atoms with Crippen LogP contribution < -0.4 is 5.32 Å². The molecule has 0 aliphatic heterocycles. The van der Waals surface area contributed by atoms with Crippen LogP contribution in [0.4, 0.5) is 4.39 Å². The molecule has 5 nitrogen and oxygen atoms in total. The highest BCUT2D eigenvalue weighted by Gasteiger charge is 2.11. The first-order valence-corrected chi connectivity index (χ1v) is 9.54. The third-order valence-corrected chi connectivity index (χ3v) is 4.38. The summed E-state index contributed by atoms with van der Waals surface area (Å²) in [4.78, 5) is 14.2. The van der Waals surface area contributed by atoms with Gasteiger partial charge < -0.3 is 10.2 Å². The second kappa shape index (κ2) is 9.80. The lowest BCUT2D eigenvalue weighted by Crippen LogP contribution is -2.25. The molecule has 0 unspecified atom stereocenters. The molecule has 1 amide bonds. The van der Waals surface area contributed by atoms with E-state index in [9.17, 15) is 9.18 Å². The zero-order valence-electron chi connectivity index (χ0n) is 16.7. The van der Waals surface area contributed by atoms with E-state index in [-0.39, 0.29) is 11.7 Å². The molecule has 0 bridgehead atoms. The first-order chi connectivity index (χ1) is 14.0. The maximum absolute atomic E-state index is 13.3. The van der Waals surface area contributed by atoms with Crippen molar-refractivity contribution in [2.24, 2.45) is 0 Å². The molecule has 3 aromatic rings. The Morgan fingerprint density at radius 2 is 1.86 bits per heavy atom. The minimum Gasteiger partial charge on any atom is -0.353 e. The van der Waals surface area contributed by atoms with Gasteiger partial charge in [-0.15, -0.1) is 0 Å². The molecule has 150 valence electrons. The summed E-state index contributed by atoms with van der Waals surface area (Å²) in [6.07, 6.45) is 6.00. The molecule has 3 rings (SSSR count). The van der Waals surface area contributed by atoms with Crippen molar-refractivity contribution in [3.05, 3.63) is 78.3 Å². The normalized spacial score (nSPS) is 11.3. The van der Waals surface area contributed by atoms with Crippen LogP contribution in [0.1, 0.15) is 12.0 Å². The summed E-state index contributed by atoms with van der Waals surface area (Å²) in [5.41, 5.74) is 3.16. The predicted molar refractivity (Wildman–Crippen MR) is 114 cm³/mol. The van der Waals surface area contributed by atoms with E-state index < -0.39 is 0 Å². The molecule has 0 saturated heterocycles. The van der Waals surface area contributed by atoms with Crippen LogP contribution in [0.25, 0.3) is 23.0 Å². The summed E-state index contributed by atoms with van der Waals surface area (Å²) in [5, 5.41) is 7.54. The van der Waals surface area contributed by atoms with Gasteiger partial charge >= 0.3 is 0 Å². The number of carbonyl (C=O) groups is 1. The number of aromatic nitrogens is 2. The van der Waals surface area contributed by atoms with E-state index in [1.165, 1.54) is 18.2 Å². The Morgan fingerprint density at radius 3 is 2.55 bits per heavy atom. The average Bonchev–Trinajstić information content (AvgIpc) is 3.15. The van der Waals surface area contributed by atoms with E-state index in [4.69, 9.17) is 0 Å². The molecule has 0 radical (unpaired) electrons. The smallest absolute Gasteiger partial charge is 0.244 e. The number of amides is 1. The molecular weight excluding hydrogens is 367 g/mol. The van der Waals surface area contributed by atoms with E-state index in [1.807, 2.05) is 50.6 Å². The van der Waals surface area contributed by atoms with Crippen LogP contribution in [0.3, 0.4) is 0 Å². The first kappa shape index (κ1) is 20.5. The van der Waals surface area contributed by atoms with Gasteiger partial charge in [0.1, 0.15) is 5.82 Å². The topological polar surface area (TPSA) is 50.2 Å². The Kier molecular flexibility index (Phi) is 6.92. The van der Waals surface area contributed by atoms with Crippen molar-refractivity contribution < 1.29 is 9.18 Å². The molecule has 0 saturated carbocycles. The summed E-state index contributed by atoms with van der Waals surface area (Å²) in [6.45, 7) is 1.54. The van der Waals surface area contributed by atoms with E-state index in [0.29, 0.717) is 12.2 Å². The second-order valence-corrected chi connectivity index (χ2v) is 7.00. The fraction of sp³-hybridized carbons (Fsp3) is 0.217. The minimum atomic E-state index is -0.301. The maximum atomic E-state index is 13.3. The van der Waals surface area contributed by atoms with E-state index in [0.717, 1.165) is 29.8 Å². The Morgan fingerprint density at radius 1 is 1.14 bits per heavy atom. The van der Waals surface area contributed by atoms with Crippen LogP contribution in [-0.4, -0.2) is 47.8 Å². The van der Waals surface area contributed by atoms with Crippen LogP contribution in [-0.2, 0) is 4.79 Å². The van der Waals surface area contributed by atoms with Crippen LogP contribution in [0.5, 0.6) is 0 Å². The summed E-state index contributed by atoms with van der Waals surface area (Å²) in [6, 6.07) is 15.9. The molecule has 6 heteroatoms. The maximum Gasteiger partial charge on any atom is 0.244 e.